The Bertz CT molecular complexity index is 3100. The van der Waals surface area contributed by atoms with Gasteiger partial charge in [-0.3, -0.25) is 0 Å². The van der Waals surface area contributed by atoms with Crippen LogP contribution in [0.1, 0.15) is 22.3 Å². The van der Waals surface area contributed by atoms with Gasteiger partial charge in [0.2, 0.25) is 0 Å². The summed E-state index contributed by atoms with van der Waals surface area (Å²) in [4.78, 5) is 4.69. The summed E-state index contributed by atoms with van der Waals surface area (Å²) in [5, 5.41) is 9.82. The Labute approximate surface area is 374 Å². The lowest BCUT2D eigenvalue weighted by Crippen LogP contribution is -2.09. The third-order valence-corrected chi connectivity index (χ3v) is 12.1. The topological polar surface area (TPSA) is 6.48 Å². The molecule has 2 heteroatoms. The molecule has 64 heavy (non-hydrogen) atoms. The molecule has 0 aromatic heterocycles. The maximum Gasteiger partial charge on any atom is 0.0468 e. The van der Waals surface area contributed by atoms with Gasteiger partial charge in [0, 0.05) is 34.1 Å². The van der Waals surface area contributed by atoms with Crippen molar-refractivity contribution < 1.29 is 0 Å². The summed E-state index contributed by atoms with van der Waals surface area (Å²) in [6.45, 7) is 0. The van der Waals surface area contributed by atoms with Crippen LogP contribution < -0.4 is 9.80 Å². The lowest BCUT2D eigenvalue weighted by Gasteiger charge is -2.26. The molecule has 0 saturated heterocycles. The largest absolute Gasteiger partial charge is 0.310 e. The molecule has 0 heterocycles. The Kier molecular flexibility index (Phi) is 10.3. The van der Waals surface area contributed by atoms with Crippen molar-refractivity contribution in [3.05, 3.63) is 265 Å². The SMILES string of the molecule is C(=C\c1ccc(N(c2ccc3ccccc3c2)c2ccc3ccccc3c2)cc1)/c1ccc(/C=C/c2ccc(N(c3ccc4ccccc4c3)c3ccc4ccccc4c3)cc2)cc1. The van der Waals surface area contributed by atoms with Gasteiger partial charge in [-0.05, 0) is 138 Å². The zero-order valence-electron chi connectivity index (χ0n) is 35.3. The maximum atomic E-state index is 2.35. The summed E-state index contributed by atoms with van der Waals surface area (Å²) in [6, 6.07) is 87.4. The molecule has 11 aromatic carbocycles. The minimum absolute atomic E-state index is 1.11. The number of rotatable bonds is 10. The third kappa shape index (κ3) is 8.04. The van der Waals surface area contributed by atoms with Crippen LogP contribution in [0, 0.1) is 0 Å². The predicted molar refractivity (Wildman–Crippen MR) is 277 cm³/mol. The fraction of sp³-hybridized carbons (Fsp3) is 0. The Hall–Kier alpha value is -8.46. The van der Waals surface area contributed by atoms with Crippen molar-refractivity contribution in [2.24, 2.45) is 0 Å². The average molecular weight is 817 g/mol. The van der Waals surface area contributed by atoms with E-state index in [0.29, 0.717) is 0 Å². The molecular formula is C62H44N2. The van der Waals surface area contributed by atoms with E-state index < -0.39 is 0 Å². The van der Waals surface area contributed by atoms with E-state index in [9.17, 15) is 0 Å². The molecule has 0 fully saturated rings. The van der Waals surface area contributed by atoms with Crippen LogP contribution in [-0.4, -0.2) is 0 Å². The smallest absolute Gasteiger partial charge is 0.0468 e. The monoisotopic (exact) mass is 816 g/mol. The lowest BCUT2D eigenvalue weighted by molar-refractivity contribution is 1.29. The van der Waals surface area contributed by atoms with E-state index in [2.05, 4.69) is 277 Å². The molecule has 0 aliphatic carbocycles. The van der Waals surface area contributed by atoms with Gasteiger partial charge in [-0.15, -0.1) is 0 Å². The Morgan fingerprint density at radius 2 is 0.391 bits per heavy atom. The van der Waals surface area contributed by atoms with E-state index in [1.54, 1.807) is 0 Å². The van der Waals surface area contributed by atoms with E-state index in [1.807, 2.05) is 0 Å². The number of nitrogens with zero attached hydrogens (tertiary/aromatic N) is 2. The standard InChI is InChI=1S/C62H44N2/c1-5-13-53-41-59(37-29-49(53)9-1)63(60-38-30-50-10-2-6-14-54(50)42-60)57-33-25-47(26-34-57)23-21-45-17-19-46(20-18-45)22-24-48-27-35-58(36-28-48)64(61-39-31-51-11-3-7-15-55(51)43-61)62-40-32-52-12-4-8-16-56(52)44-62/h1-44H/b23-21+,24-22+. The number of benzene rings is 11. The van der Waals surface area contributed by atoms with Crippen LogP contribution >= 0.6 is 0 Å². The number of anilines is 6. The van der Waals surface area contributed by atoms with Crippen molar-refractivity contribution in [2.75, 3.05) is 9.80 Å². The molecule has 0 aliphatic heterocycles. The molecule has 0 unspecified atom stereocenters. The van der Waals surface area contributed by atoms with Gasteiger partial charge >= 0.3 is 0 Å². The number of fused-ring (bicyclic) bond motifs is 4. The van der Waals surface area contributed by atoms with E-state index >= 15 is 0 Å². The molecule has 0 saturated carbocycles. The van der Waals surface area contributed by atoms with E-state index in [-0.39, 0.29) is 0 Å². The fourth-order valence-electron chi connectivity index (χ4n) is 8.73. The summed E-state index contributed by atoms with van der Waals surface area (Å²) in [5.41, 5.74) is 11.3. The van der Waals surface area contributed by atoms with Gasteiger partial charge < -0.3 is 9.80 Å². The Morgan fingerprint density at radius 3 is 0.641 bits per heavy atom. The minimum Gasteiger partial charge on any atom is -0.310 e. The van der Waals surface area contributed by atoms with Gasteiger partial charge in [-0.25, -0.2) is 0 Å². The first-order valence-electron chi connectivity index (χ1n) is 21.9. The second kappa shape index (κ2) is 17.1. The lowest BCUT2D eigenvalue weighted by atomic mass is 10.1. The quantitative estimate of drug-likeness (QED) is 0.127. The van der Waals surface area contributed by atoms with Crippen molar-refractivity contribution in [1.29, 1.82) is 0 Å². The van der Waals surface area contributed by atoms with E-state index in [0.717, 1.165) is 56.4 Å². The average Bonchev–Trinajstić information content (AvgIpc) is 3.36. The molecule has 0 N–H and O–H groups in total. The normalized spacial score (nSPS) is 11.6. The van der Waals surface area contributed by atoms with Gasteiger partial charge in [0.05, 0.1) is 0 Å². The van der Waals surface area contributed by atoms with Crippen molar-refractivity contribution in [2.45, 2.75) is 0 Å². The summed E-state index contributed by atoms with van der Waals surface area (Å²) >= 11 is 0. The van der Waals surface area contributed by atoms with Crippen LogP contribution in [0.15, 0.2) is 243 Å². The van der Waals surface area contributed by atoms with Crippen LogP contribution in [-0.2, 0) is 0 Å². The first kappa shape index (κ1) is 38.5. The van der Waals surface area contributed by atoms with E-state index in [4.69, 9.17) is 0 Å². The summed E-state index contributed by atoms with van der Waals surface area (Å²) < 4.78 is 0. The second-order valence-corrected chi connectivity index (χ2v) is 16.3. The highest BCUT2D eigenvalue weighted by atomic mass is 15.1. The van der Waals surface area contributed by atoms with Crippen molar-refractivity contribution in [1.82, 2.24) is 0 Å². The molecule has 0 bridgehead atoms. The van der Waals surface area contributed by atoms with Crippen molar-refractivity contribution >= 4 is 102 Å². The summed E-state index contributed by atoms with van der Waals surface area (Å²) in [7, 11) is 0. The Morgan fingerprint density at radius 1 is 0.188 bits per heavy atom. The highest BCUT2D eigenvalue weighted by molar-refractivity contribution is 5.94. The molecule has 2 nitrogen and oxygen atoms in total. The minimum atomic E-state index is 1.11. The van der Waals surface area contributed by atoms with Crippen LogP contribution in [0.2, 0.25) is 0 Å². The molecular weight excluding hydrogens is 773 g/mol. The highest BCUT2D eigenvalue weighted by Crippen LogP contribution is 2.39. The summed E-state index contributed by atoms with van der Waals surface area (Å²) in [6.07, 6.45) is 8.74. The molecule has 0 amide bonds. The second-order valence-electron chi connectivity index (χ2n) is 16.3. The molecule has 0 atom stereocenters. The van der Waals surface area contributed by atoms with Crippen LogP contribution in [0.25, 0.3) is 67.4 Å². The molecule has 0 radical (unpaired) electrons. The zero-order valence-corrected chi connectivity index (χ0v) is 35.3. The molecule has 0 aliphatic rings. The number of hydrogen-bond donors (Lipinski definition) is 0. The first-order chi connectivity index (χ1) is 31.7. The Balaban J connectivity index is 0.803. The first-order valence-corrected chi connectivity index (χ1v) is 21.9. The maximum absolute atomic E-state index is 2.35. The molecule has 11 rings (SSSR count). The van der Waals surface area contributed by atoms with Crippen LogP contribution in [0.5, 0.6) is 0 Å². The summed E-state index contributed by atoms with van der Waals surface area (Å²) in [5.74, 6) is 0. The van der Waals surface area contributed by atoms with Gasteiger partial charge in [0.15, 0.2) is 0 Å². The fourth-order valence-corrected chi connectivity index (χ4v) is 8.73. The van der Waals surface area contributed by atoms with Crippen LogP contribution in [0.3, 0.4) is 0 Å². The van der Waals surface area contributed by atoms with Gasteiger partial charge in [-0.1, -0.05) is 194 Å². The predicted octanol–water partition coefficient (Wildman–Crippen LogP) is 17.6. The third-order valence-electron chi connectivity index (χ3n) is 12.1. The number of hydrogen-bond acceptors (Lipinski definition) is 2. The van der Waals surface area contributed by atoms with Crippen molar-refractivity contribution in [3.8, 4) is 0 Å². The van der Waals surface area contributed by atoms with Gasteiger partial charge in [0.1, 0.15) is 0 Å². The van der Waals surface area contributed by atoms with Crippen LogP contribution in [0.4, 0.5) is 34.1 Å². The van der Waals surface area contributed by atoms with Gasteiger partial charge in [-0.2, -0.15) is 0 Å². The van der Waals surface area contributed by atoms with Gasteiger partial charge in [0.25, 0.3) is 0 Å². The molecule has 0 spiro atoms. The van der Waals surface area contributed by atoms with E-state index in [1.165, 1.54) is 43.1 Å². The molecule has 11 aromatic rings. The van der Waals surface area contributed by atoms with Crippen molar-refractivity contribution in [3.63, 3.8) is 0 Å². The molecule has 302 valence electrons. The highest BCUT2D eigenvalue weighted by Gasteiger charge is 2.15. The zero-order chi connectivity index (χ0) is 42.7.